The Hall–Kier alpha value is -2.90. The summed E-state index contributed by atoms with van der Waals surface area (Å²) in [6, 6.07) is 9.13. The highest BCUT2D eigenvalue weighted by atomic mass is 19.4. The molecular weight excluding hydrogens is 421 g/mol. The first-order valence-corrected chi connectivity index (χ1v) is 10.8. The Labute approximate surface area is 185 Å². The van der Waals surface area contributed by atoms with Crippen molar-refractivity contribution < 1.29 is 27.4 Å². The van der Waals surface area contributed by atoms with Crippen LogP contribution in [0.2, 0.25) is 0 Å². The summed E-state index contributed by atoms with van der Waals surface area (Å²) < 4.78 is 50.6. The van der Waals surface area contributed by atoms with Crippen molar-refractivity contribution in [3.63, 3.8) is 0 Å². The third-order valence-corrected chi connectivity index (χ3v) is 6.28. The maximum Gasteiger partial charge on any atom is 0.416 e. The van der Waals surface area contributed by atoms with Gasteiger partial charge in [-0.2, -0.15) is 13.2 Å². The Morgan fingerprint density at radius 2 is 1.84 bits per heavy atom. The molecule has 32 heavy (non-hydrogen) atoms. The molecule has 2 aliphatic heterocycles. The van der Waals surface area contributed by atoms with Gasteiger partial charge < -0.3 is 19.7 Å². The van der Waals surface area contributed by atoms with Crippen molar-refractivity contribution in [2.45, 2.75) is 45.3 Å². The Morgan fingerprint density at radius 3 is 2.56 bits per heavy atom. The van der Waals surface area contributed by atoms with Gasteiger partial charge in [0.15, 0.2) is 11.5 Å². The van der Waals surface area contributed by atoms with Crippen molar-refractivity contribution in [3.8, 4) is 11.5 Å². The summed E-state index contributed by atoms with van der Waals surface area (Å²) in [7, 11) is 0. The molecule has 1 saturated heterocycles. The smallest absolute Gasteiger partial charge is 0.416 e. The van der Waals surface area contributed by atoms with Crippen molar-refractivity contribution in [2.24, 2.45) is 5.92 Å². The number of fused-ring (bicyclic) bond motifs is 1. The molecule has 0 radical (unpaired) electrons. The van der Waals surface area contributed by atoms with Crippen LogP contribution in [-0.2, 0) is 17.5 Å². The predicted octanol–water partition coefficient (Wildman–Crippen LogP) is 5.09. The molecule has 0 spiro atoms. The minimum absolute atomic E-state index is 0.158. The lowest BCUT2D eigenvalue weighted by molar-refractivity contribution is -0.137. The molecule has 172 valence electrons. The number of amides is 1. The maximum atomic E-state index is 13.3. The Bertz CT molecular complexity index is 985. The minimum Gasteiger partial charge on any atom is -0.454 e. The normalized spacial score (nSPS) is 17.3. The summed E-state index contributed by atoms with van der Waals surface area (Å²) in [6.45, 7) is 5.67. The molecule has 4 rings (SSSR count). The van der Waals surface area contributed by atoms with Crippen LogP contribution >= 0.6 is 0 Å². The molecule has 2 aliphatic rings. The highest BCUT2D eigenvalue weighted by molar-refractivity contribution is 5.83. The van der Waals surface area contributed by atoms with Gasteiger partial charge in [0, 0.05) is 25.3 Å². The van der Waals surface area contributed by atoms with Gasteiger partial charge in [-0.1, -0.05) is 19.1 Å². The summed E-state index contributed by atoms with van der Waals surface area (Å²) in [5, 5.41) is 2.89. The quantitative estimate of drug-likeness (QED) is 0.692. The minimum atomic E-state index is -4.41. The SMILES string of the molecule is CC1CCN(c2cc(C(F)(F)F)ccc2CNC(=O)C(C)c2ccc3c(c2)OCO3)CC1. The fourth-order valence-corrected chi connectivity index (χ4v) is 4.10. The third-order valence-electron chi connectivity index (χ3n) is 6.28. The molecule has 5 nitrogen and oxygen atoms in total. The topological polar surface area (TPSA) is 50.8 Å². The molecule has 1 fully saturated rings. The Kier molecular flexibility index (Phi) is 6.22. The number of anilines is 1. The van der Waals surface area contributed by atoms with Crippen LogP contribution in [0.25, 0.3) is 0 Å². The van der Waals surface area contributed by atoms with E-state index >= 15 is 0 Å². The maximum absolute atomic E-state index is 13.3. The number of carbonyl (C=O) groups is 1. The van der Waals surface area contributed by atoms with E-state index in [9.17, 15) is 18.0 Å². The molecule has 1 amide bonds. The number of nitrogens with one attached hydrogen (secondary N) is 1. The number of ether oxygens (including phenoxy) is 2. The number of alkyl halides is 3. The standard InChI is InChI=1S/C24H27F3N2O3/c1-15-7-9-29(10-8-15)20-12-19(24(25,26)27)5-3-18(20)13-28-23(30)16(2)17-4-6-21-22(11-17)32-14-31-21/h3-6,11-12,15-16H,7-10,13-14H2,1-2H3,(H,28,30). The molecule has 2 heterocycles. The molecule has 2 aromatic carbocycles. The predicted molar refractivity (Wildman–Crippen MR) is 115 cm³/mol. The average molecular weight is 448 g/mol. The zero-order valence-corrected chi connectivity index (χ0v) is 18.2. The second-order valence-electron chi connectivity index (χ2n) is 8.56. The first kappa shape index (κ1) is 22.3. The van der Waals surface area contributed by atoms with Gasteiger partial charge in [0.1, 0.15) is 0 Å². The number of hydrogen-bond donors (Lipinski definition) is 1. The largest absolute Gasteiger partial charge is 0.454 e. The monoisotopic (exact) mass is 448 g/mol. The fraction of sp³-hybridized carbons (Fsp3) is 0.458. The third kappa shape index (κ3) is 4.79. The molecule has 1 N–H and O–H groups in total. The van der Waals surface area contributed by atoms with Crippen LogP contribution in [0.3, 0.4) is 0 Å². The zero-order chi connectivity index (χ0) is 22.9. The number of carbonyl (C=O) groups excluding carboxylic acids is 1. The summed E-state index contributed by atoms with van der Waals surface area (Å²) in [5.74, 6) is 1.15. The van der Waals surface area contributed by atoms with E-state index in [-0.39, 0.29) is 19.2 Å². The zero-order valence-electron chi connectivity index (χ0n) is 18.2. The molecule has 0 saturated carbocycles. The van der Waals surface area contributed by atoms with Crippen LogP contribution in [-0.4, -0.2) is 25.8 Å². The molecule has 8 heteroatoms. The summed E-state index contributed by atoms with van der Waals surface area (Å²) in [4.78, 5) is 14.8. The van der Waals surface area contributed by atoms with Crippen LogP contribution in [0.4, 0.5) is 18.9 Å². The second kappa shape index (κ2) is 8.92. The molecule has 0 aliphatic carbocycles. The number of benzene rings is 2. The first-order valence-electron chi connectivity index (χ1n) is 10.8. The average Bonchev–Trinajstić information content (AvgIpc) is 3.24. The molecule has 1 unspecified atom stereocenters. The summed E-state index contributed by atoms with van der Waals surface area (Å²) in [6.07, 6.45) is -2.54. The van der Waals surface area contributed by atoms with Crippen molar-refractivity contribution >= 4 is 11.6 Å². The first-order chi connectivity index (χ1) is 15.2. The highest BCUT2D eigenvalue weighted by Crippen LogP contribution is 2.36. The van der Waals surface area contributed by atoms with Crippen molar-refractivity contribution in [2.75, 3.05) is 24.8 Å². The molecular formula is C24H27F3N2O3. The van der Waals surface area contributed by atoms with E-state index in [1.807, 2.05) is 11.0 Å². The van der Waals surface area contributed by atoms with Crippen LogP contribution in [0.1, 0.15) is 49.3 Å². The van der Waals surface area contributed by atoms with Gasteiger partial charge in [-0.25, -0.2) is 0 Å². The number of rotatable bonds is 5. The van der Waals surface area contributed by atoms with E-state index in [1.165, 1.54) is 12.1 Å². The molecule has 1 atom stereocenters. The van der Waals surface area contributed by atoms with E-state index in [4.69, 9.17) is 9.47 Å². The Morgan fingerprint density at radius 1 is 1.12 bits per heavy atom. The van der Waals surface area contributed by atoms with E-state index in [0.29, 0.717) is 41.8 Å². The van der Waals surface area contributed by atoms with Crippen molar-refractivity contribution in [3.05, 3.63) is 53.1 Å². The van der Waals surface area contributed by atoms with Gasteiger partial charge >= 0.3 is 6.18 Å². The number of piperidine rings is 1. The fourth-order valence-electron chi connectivity index (χ4n) is 4.10. The van der Waals surface area contributed by atoms with E-state index in [0.717, 1.165) is 24.5 Å². The van der Waals surface area contributed by atoms with Gasteiger partial charge in [0.25, 0.3) is 0 Å². The van der Waals surface area contributed by atoms with E-state index < -0.39 is 17.7 Å². The summed E-state index contributed by atoms with van der Waals surface area (Å²) >= 11 is 0. The van der Waals surface area contributed by atoms with Crippen LogP contribution < -0.4 is 19.7 Å². The van der Waals surface area contributed by atoms with Crippen molar-refractivity contribution in [1.29, 1.82) is 0 Å². The van der Waals surface area contributed by atoms with Crippen molar-refractivity contribution in [1.82, 2.24) is 5.32 Å². The lowest BCUT2D eigenvalue weighted by Crippen LogP contribution is -2.34. The van der Waals surface area contributed by atoms with Gasteiger partial charge in [0.05, 0.1) is 11.5 Å². The van der Waals surface area contributed by atoms with Gasteiger partial charge in [-0.15, -0.1) is 0 Å². The lowest BCUT2D eigenvalue weighted by Gasteiger charge is -2.34. The number of halogens is 3. The van der Waals surface area contributed by atoms with Gasteiger partial charge in [-0.05, 0) is 61.1 Å². The Balaban J connectivity index is 1.49. The van der Waals surface area contributed by atoms with Gasteiger partial charge in [0.2, 0.25) is 12.7 Å². The number of nitrogens with zero attached hydrogens (tertiary/aromatic N) is 1. The molecule has 2 aromatic rings. The van der Waals surface area contributed by atoms with E-state index in [2.05, 4.69) is 12.2 Å². The second-order valence-corrected chi connectivity index (χ2v) is 8.56. The molecule has 0 bridgehead atoms. The highest BCUT2D eigenvalue weighted by Gasteiger charge is 2.32. The van der Waals surface area contributed by atoms with Crippen LogP contribution in [0, 0.1) is 5.92 Å². The summed E-state index contributed by atoms with van der Waals surface area (Å²) in [5.41, 5.74) is 1.33. The molecule has 0 aromatic heterocycles. The number of hydrogen-bond acceptors (Lipinski definition) is 4. The van der Waals surface area contributed by atoms with Crippen LogP contribution in [0.5, 0.6) is 11.5 Å². The van der Waals surface area contributed by atoms with Crippen LogP contribution in [0.15, 0.2) is 36.4 Å². The lowest BCUT2D eigenvalue weighted by atomic mass is 9.97. The van der Waals surface area contributed by atoms with E-state index in [1.54, 1.807) is 19.1 Å². The van der Waals surface area contributed by atoms with Gasteiger partial charge in [-0.3, -0.25) is 4.79 Å².